The molecule has 2 N–H and O–H groups in total. The Balaban J connectivity index is 2.45. The minimum Gasteiger partial charge on any atom is -0.439 e. The van der Waals surface area contributed by atoms with Crippen molar-refractivity contribution >= 4 is 11.6 Å². The Morgan fingerprint density at radius 1 is 1.30 bits per heavy atom. The van der Waals surface area contributed by atoms with E-state index in [1.54, 1.807) is 28.9 Å². The Morgan fingerprint density at radius 3 is 2.60 bits per heavy atom. The maximum atomic E-state index is 9.49. The van der Waals surface area contributed by atoms with Gasteiger partial charge in [0.15, 0.2) is 0 Å². The third-order valence-electron chi connectivity index (χ3n) is 2.85. The first-order valence-corrected chi connectivity index (χ1v) is 6.70. The Kier molecular flexibility index (Phi) is 4.65. The van der Waals surface area contributed by atoms with Crippen molar-refractivity contribution in [2.45, 2.75) is 33.1 Å². The molecular formula is C14H17ClN2O3. The van der Waals surface area contributed by atoms with E-state index in [4.69, 9.17) is 16.3 Å². The van der Waals surface area contributed by atoms with E-state index < -0.39 is 0 Å². The van der Waals surface area contributed by atoms with Crippen LogP contribution in [0.5, 0.6) is 11.6 Å². The van der Waals surface area contributed by atoms with E-state index in [0.29, 0.717) is 27.9 Å². The number of halogens is 1. The minimum atomic E-state index is -0.251. The van der Waals surface area contributed by atoms with Crippen LogP contribution < -0.4 is 4.74 Å². The number of ether oxygens (including phenoxy) is 1. The van der Waals surface area contributed by atoms with Gasteiger partial charge >= 0.3 is 0 Å². The van der Waals surface area contributed by atoms with Crippen LogP contribution >= 0.6 is 11.6 Å². The third kappa shape index (κ3) is 2.95. The first-order valence-electron chi connectivity index (χ1n) is 6.32. The van der Waals surface area contributed by atoms with E-state index in [1.165, 1.54) is 0 Å². The maximum Gasteiger partial charge on any atom is 0.223 e. The van der Waals surface area contributed by atoms with Crippen LogP contribution in [0.15, 0.2) is 24.3 Å². The molecule has 1 aromatic carbocycles. The van der Waals surface area contributed by atoms with Crippen LogP contribution in [0.1, 0.15) is 31.1 Å². The molecule has 0 amide bonds. The highest BCUT2D eigenvalue weighted by Gasteiger charge is 2.20. The lowest BCUT2D eigenvalue weighted by atomic mass is 10.2. The minimum absolute atomic E-state index is 0.0368. The summed E-state index contributed by atoms with van der Waals surface area (Å²) in [6, 6.07) is 7.01. The zero-order valence-corrected chi connectivity index (χ0v) is 12.1. The smallest absolute Gasteiger partial charge is 0.223 e. The summed E-state index contributed by atoms with van der Waals surface area (Å²) in [6.07, 6.45) is 0. The van der Waals surface area contributed by atoms with Gasteiger partial charge < -0.3 is 14.9 Å². The highest BCUT2D eigenvalue weighted by molar-refractivity contribution is 6.30. The lowest BCUT2D eigenvalue weighted by molar-refractivity contribution is 0.255. The monoisotopic (exact) mass is 296 g/mol. The molecule has 0 bridgehead atoms. The van der Waals surface area contributed by atoms with Gasteiger partial charge in [-0.05, 0) is 32.0 Å². The van der Waals surface area contributed by atoms with Crippen molar-refractivity contribution in [2.75, 3.05) is 0 Å². The number of benzene rings is 1. The lowest BCUT2D eigenvalue weighted by Crippen LogP contribution is -2.05. The molecule has 0 unspecified atom stereocenters. The van der Waals surface area contributed by atoms with Crippen LogP contribution in [0.25, 0.3) is 0 Å². The highest BCUT2D eigenvalue weighted by Crippen LogP contribution is 2.31. The summed E-state index contributed by atoms with van der Waals surface area (Å²) >= 11 is 5.93. The Labute approximate surface area is 122 Å². The van der Waals surface area contributed by atoms with E-state index in [-0.39, 0.29) is 19.3 Å². The molecule has 0 radical (unpaired) electrons. The summed E-state index contributed by atoms with van der Waals surface area (Å²) in [6.45, 7) is 3.39. The SMILES string of the molecule is CC(C)n1nc(CO)c(CO)c1Oc1cccc(Cl)c1. The molecule has 0 saturated carbocycles. The number of nitrogens with zero attached hydrogens (tertiary/aromatic N) is 2. The quantitative estimate of drug-likeness (QED) is 0.890. The van der Waals surface area contributed by atoms with Crippen LogP contribution in [0.2, 0.25) is 5.02 Å². The van der Waals surface area contributed by atoms with E-state index in [2.05, 4.69) is 5.10 Å². The van der Waals surface area contributed by atoms with Gasteiger partial charge in [-0.25, -0.2) is 4.68 Å². The summed E-state index contributed by atoms with van der Waals surface area (Å²) in [5.41, 5.74) is 0.902. The number of rotatable bonds is 5. The predicted molar refractivity (Wildman–Crippen MR) is 76.0 cm³/mol. The van der Waals surface area contributed by atoms with Crippen molar-refractivity contribution in [3.05, 3.63) is 40.5 Å². The molecule has 2 rings (SSSR count). The molecule has 2 aromatic rings. The molecule has 5 nitrogen and oxygen atoms in total. The second-order valence-electron chi connectivity index (χ2n) is 4.64. The van der Waals surface area contributed by atoms with E-state index in [1.807, 2.05) is 13.8 Å². The Morgan fingerprint density at radius 2 is 2.05 bits per heavy atom. The number of aromatic nitrogens is 2. The van der Waals surface area contributed by atoms with Crippen molar-refractivity contribution in [1.82, 2.24) is 9.78 Å². The van der Waals surface area contributed by atoms with Crippen molar-refractivity contribution < 1.29 is 14.9 Å². The van der Waals surface area contributed by atoms with E-state index in [0.717, 1.165) is 0 Å². The number of aliphatic hydroxyl groups excluding tert-OH is 2. The van der Waals surface area contributed by atoms with Gasteiger partial charge in [0.1, 0.15) is 5.75 Å². The first-order chi connectivity index (χ1) is 9.56. The van der Waals surface area contributed by atoms with Gasteiger partial charge in [-0.15, -0.1) is 0 Å². The van der Waals surface area contributed by atoms with Gasteiger partial charge in [0.2, 0.25) is 5.88 Å². The zero-order valence-electron chi connectivity index (χ0n) is 11.4. The van der Waals surface area contributed by atoms with Gasteiger partial charge in [0.25, 0.3) is 0 Å². The number of hydrogen-bond acceptors (Lipinski definition) is 4. The summed E-state index contributed by atoms with van der Waals surface area (Å²) in [5.74, 6) is 0.979. The normalized spacial score (nSPS) is 11.1. The lowest BCUT2D eigenvalue weighted by Gasteiger charge is -2.13. The van der Waals surface area contributed by atoms with Gasteiger partial charge in [0, 0.05) is 5.02 Å². The molecule has 0 aliphatic carbocycles. The van der Waals surface area contributed by atoms with Crippen LogP contribution in [-0.4, -0.2) is 20.0 Å². The van der Waals surface area contributed by atoms with Crippen molar-refractivity contribution in [3.63, 3.8) is 0 Å². The van der Waals surface area contributed by atoms with Crippen molar-refractivity contribution in [1.29, 1.82) is 0 Å². The van der Waals surface area contributed by atoms with E-state index in [9.17, 15) is 10.2 Å². The molecule has 0 aliphatic heterocycles. The molecule has 1 aromatic heterocycles. The van der Waals surface area contributed by atoms with E-state index >= 15 is 0 Å². The molecule has 0 spiro atoms. The summed E-state index contributed by atoms with van der Waals surface area (Å²) < 4.78 is 7.44. The summed E-state index contributed by atoms with van der Waals surface area (Å²) in [5, 5.41) is 23.6. The standard InChI is InChI=1S/C14H17ClN2O3/c1-9(2)17-14(12(7-18)13(8-19)16-17)20-11-5-3-4-10(15)6-11/h3-6,9,18-19H,7-8H2,1-2H3. The molecular weight excluding hydrogens is 280 g/mol. The largest absolute Gasteiger partial charge is 0.439 e. The van der Waals surface area contributed by atoms with Crippen molar-refractivity contribution in [3.8, 4) is 11.6 Å². The van der Waals surface area contributed by atoms with Gasteiger partial charge in [-0.2, -0.15) is 5.10 Å². The molecule has 0 atom stereocenters. The highest BCUT2D eigenvalue weighted by atomic mass is 35.5. The number of aliphatic hydroxyl groups is 2. The van der Waals surface area contributed by atoms with Crippen LogP contribution in [0.4, 0.5) is 0 Å². The number of hydrogen-bond donors (Lipinski definition) is 2. The summed E-state index contributed by atoms with van der Waals surface area (Å²) in [7, 11) is 0. The van der Waals surface area contributed by atoms with Gasteiger partial charge in [-0.1, -0.05) is 17.7 Å². The second kappa shape index (κ2) is 6.26. The fourth-order valence-corrected chi connectivity index (χ4v) is 2.06. The second-order valence-corrected chi connectivity index (χ2v) is 5.08. The molecule has 0 saturated heterocycles. The fraction of sp³-hybridized carbons (Fsp3) is 0.357. The fourth-order valence-electron chi connectivity index (χ4n) is 1.88. The van der Waals surface area contributed by atoms with Crippen LogP contribution in [-0.2, 0) is 13.2 Å². The predicted octanol–water partition coefficient (Wildman–Crippen LogP) is 2.89. The summed E-state index contributed by atoms with van der Waals surface area (Å²) in [4.78, 5) is 0. The molecule has 0 aliphatic rings. The Hall–Kier alpha value is -1.56. The van der Waals surface area contributed by atoms with Crippen LogP contribution in [0, 0.1) is 0 Å². The molecule has 1 heterocycles. The maximum absolute atomic E-state index is 9.49. The van der Waals surface area contributed by atoms with Gasteiger partial charge in [0.05, 0.1) is 30.5 Å². The molecule has 108 valence electrons. The third-order valence-corrected chi connectivity index (χ3v) is 3.09. The average Bonchev–Trinajstić information content (AvgIpc) is 2.76. The van der Waals surface area contributed by atoms with Gasteiger partial charge in [-0.3, -0.25) is 0 Å². The van der Waals surface area contributed by atoms with Crippen LogP contribution in [0.3, 0.4) is 0 Å². The Bertz CT molecular complexity index is 596. The first kappa shape index (κ1) is 14.8. The average molecular weight is 297 g/mol. The van der Waals surface area contributed by atoms with Crippen molar-refractivity contribution in [2.24, 2.45) is 0 Å². The molecule has 6 heteroatoms. The zero-order chi connectivity index (χ0) is 14.7. The molecule has 20 heavy (non-hydrogen) atoms. The molecule has 0 fully saturated rings. The topological polar surface area (TPSA) is 67.5 Å².